The van der Waals surface area contributed by atoms with Crippen LogP contribution in [0.4, 0.5) is 0 Å². The Hall–Kier alpha value is -1.55. The molecule has 0 heterocycles. The summed E-state index contributed by atoms with van der Waals surface area (Å²) >= 11 is 0. The Morgan fingerprint density at radius 1 is 1.37 bits per heavy atom. The van der Waals surface area contributed by atoms with Crippen molar-refractivity contribution in [1.82, 2.24) is 5.32 Å². The maximum atomic E-state index is 11.8. The predicted molar refractivity (Wildman–Crippen MR) is 77.1 cm³/mol. The fraction of sp³-hybridized carbons (Fsp3) is 0.533. The smallest absolute Gasteiger partial charge is 0.220 e. The zero-order valence-corrected chi connectivity index (χ0v) is 11.8. The fourth-order valence-corrected chi connectivity index (χ4v) is 1.91. The van der Waals surface area contributed by atoms with Crippen LogP contribution in [-0.4, -0.2) is 19.6 Å². The molecule has 0 aromatic heterocycles. The van der Waals surface area contributed by atoms with Crippen molar-refractivity contribution < 1.29 is 9.53 Å². The quantitative estimate of drug-likeness (QED) is 0.709. The van der Waals surface area contributed by atoms with Crippen LogP contribution in [-0.2, 0) is 4.79 Å². The Kier molecular flexibility index (Phi) is 6.97. The van der Waals surface area contributed by atoms with Crippen LogP contribution in [0.3, 0.4) is 0 Å². The van der Waals surface area contributed by atoms with Crippen molar-refractivity contribution in [1.29, 1.82) is 0 Å². The standard InChI is InChI=1S/C15H24N2O2/c1-12(13-7-6-8-14(11-13)19-2)17-15(18)9-4-3-5-10-16/h6-8,11-12H,3-5,9-10,16H2,1-2H3,(H,17,18). The molecule has 1 aromatic carbocycles. The molecule has 0 fully saturated rings. The van der Waals surface area contributed by atoms with Crippen LogP contribution >= 0.6 is 0 Å². The molecule has 0 saturated carbocycles. The van der Waals surface area contributed by atoms with Crippen molar-refractivity contribution in [3.05, 3.63) is 29.8 Å². The highest BCUT2D eigenvalue weighted by Gasteiger charge is 2.09. The summed E-state index contributed by atoms with van der Waals surface area (Å²) in [5.74, 6) is 0.897. The number of hydrogen-bond donors (Lipinski definition) is 2. The van der Waals surface area contributed by atoms with Gasteiger partial charge in [0.1, 0.15) is 5.75 Å². The SMILES string of the molecule is COc1cccc(C(C)NC(=O)CCCCCN)c1. The lowest BCUT2D eigenvalue weighted by molar-refractivity contribution is -0.121. The third kappa shape index (κ3) is 5.75. The van der Waals surface area contributed by atoms with Gasteiger partial charge in [-0.1, -0.05) is 18.6 Å². The number of hydrogen-bond acceptors (Lipinski definition) is 3. The normalized spacial score (nSPS) is 11.9. The van der Waals surface area contributed by atoms with Crippen molar-refractivity contribution in [3.8, 4) is 5.75 Å². The van der Waals surface area contributed by atoms with E-state index in [2.05, 4.69) is 5.32 Å². The number of benzene rings is 1. The Bertz CT molecular complexity index is 393. The van der Waals surface area contributed by atoms with Gasteiger partial charge in [0, 0.05) is 6.42 Å². The lowest BCUT2D eigenvalue weighted by atomic mass is 10.1. The highest BCUT2D eigenvalue weighted by atomic mass is 16.5. The molecule has 0 bridgehead atoms. The van der Waals surface area contributed by atoms with Gasteiger partial charge in [-0.05, 0) is 44.0 Å². The predicted octanol–water partition coefficient (Wildman–Crippen LogP) is 2.39. The van der Waals surface area contributed by atoms with E-state index in [0.717, 1.165) is 30.6 Å². The molecule has 1 rings (SSSR count). The van der Waals surface area contributed by atoms with Crippen LogP contribution in [0.15, 0.2) is 24.3 Å². The summed E-state index contributed by atoms with van der Waals surface area (Å²) in [6, 6.07) is 7.75. The van der Waals surface area contributed by atoms with E-state index in [4.69, 9.17) is 10.5 Å². The summed E-state index contributed by atoms with van der Waals surface area (Å²) in [5.41, 5.74) is 6.47. The van der Waals surface area contributed by atoms with Gasteiger partial charge in [-0.15, -0.1) is 0 Å². The first kappa shape index (κ1) is 15.5. The summed E-state index contributed by atoms with van der Waals surface area (Å²) in [7, 11) is 1.64. The molecule has 19 heavy (non-hydrogen) atoms. The summed E-state index contributed by atoms with van der Waals surface area (Å²) in [5, 5.41) is 3.00. The molecule has 1 amide bonds. The van der Waals surface area contributed by atoms with E-state index < -0.39 is 0 Å². The van der Waals surface area contributed by atoms with Gasteiger partial charge in [-0.25, -0.2) is 0 Å². The molecular formula is C15H24N2O2. The Morgan fingerprint density at radius 3 is 2.84 bits per heavy atom. The number of carbonyl (C=O) groups excluding carboxylic acids is 1. The first-order chi connectivity index (χ1) is 9.17. The highest BCUT2D eigenvalue weighted by molar-refractivity contribution is 5.76. The Labute approximate surface area is 115 Å². The van der Waals surface area contributed by atoms with E-state index in [0.29, 0.717) is 13.0 Å². The molecule has 0 aliphatic heterocycles. The molecule has 1 atom stereocenters. The lowest BCUT2D eigenvalue weighted by Crippen LogP contribution is -2.26. The van der Waals surface area contributed by atoms with Crippen LogP contribution < -0.4 is 15.8 Å². The van der Waals surface area contributed by atoms with E-state index in [1.807, 2.05) is 31.2 Å². The molecule has 0 spiro atoms. The molecule has 1 aromatic rings. The molecule has 0 saturated heterocycles. The van der Waals surface area contributed by atoms with E-state index in [9.17, 15) is 4.79 Å². The van der Waals surface area contributed by atoms with Gasteiger partial charge in [0.15, 0.2) is 0 Å². The first-order valence-corrected chi connectivity index (χ1v) is 6.80. The van der Waals surface area contributed by atoms with Gasteiger partial charge in [0.05, 0.1) is 13.2 Å². The Morgan fingerprint density at radius 2 is 2.16 bits per heavy atom. The summed E-state index contributed by atoms with van der Waals surface area (Å²) in [4.78, 5) is 11.8. The second kappa shape index (κ2) is 8.53. The van der Waals surface area contributed by atoms with Crippen molar-refractivity contribution in [3.63, 3.8) is 0 Å². The van der Waals surface area contributed by atoms with E-state index in [1.54, 1.807) is 7.11 Å². The highest BCUT2D eigenvalue weighted by Crippen LogP contribution is 2.18. The third-order valence-corrected chi connectivity index (χ3v) is 3.08. The molecular weight excluding hydrogens is 240 g/mol. The van der Waals surface area contributed by atoms with E-state index in [-0.39, 0.29) is 11.9 Å². The number of nitrogens with two attached hydrogens (primary N) is 1. The van der Waals surface area contributed by atoms with Gasteiger partial charge >= 0.3 is 0 Å². The molecule has 0 aliphatic carbocycles. The van der Waals surface area contributed by atoms with Crippen molar-refractivity contribution in [2.75, 3.05) is 13.7 Å². The average Bonchev–Trinajstić information content (AvgIpc) is 2.43. The first-order valence-electron chi connectivity index (χ1n) is 6.80. The number of amides is 1. The number of ether oxygens (including phenoxy) is 1. The average molecular weight is 264 g/mol. The molecule has 0 radical (unpaired) electrons. The van der Waals surface area contributed by atoms with Crippen LogP contribution in [0.2, 0.25) is 0 Å². The zero-order chi connectivity index (χ0) is 14.1. The Balaban J connectivity index is 2.40. The second-order valence-corrected chi connectivity index (χ2v) is 4.67. The van der Waals surface area contributed by atoms with Gasteiger partial charge < -0.3 is 15.8 Å². The summed E-state index contributed by atoms with van der Waals surface area (Å²) in [6.45, 7) is 2.67. The topological polar surface area (TPSA) is 64.3 Å². The summed E-state index contributed by atoms with van der Waals surface area (Å²) in [6.07, 6.45) is 3.46. The van der Waals surface area contributed by atoms with Crippen LogP contribution in [0, 0.1) is 0 Å². The van der Waals surface area contributed by atoms with Crippen LogP contribution in [0.1, 0.15) is 44.2 Å². The lowest BCUT2D eigenvalue weighted by Gasteiger charge is -2.15. The molecule has 4 heteroatoms. The number of rotatable bonds is 8. The van der Waals surface area contributed by atoms with Crippen molar-refractivity contribution >= 4 is 5.91 Å². The minimum Gasteiger partial charge on any atom is -0.497 e. The maximum absolute atomic E-state index is 11.8. The fourth-order valence-electron chi connectivity index (χ4n) is 1.91. The van der Waals surface area contributed by atoms with Crippen LogP contribution in [0.25, 0.3) is 0 Å². The number of carbonyl (C=O) groups is 1. The number of nitrogens with one attached hydrogen (secondary N) is 1. The van der Waals surface area contributed by atoms with E-state index >= 15 is 0 Å². The van der Waals surface area contributed by atoms with Gasteiger partial charge in [-0.3, -0.25) is 4.79 Å². The van der Waals surface area contributed by atoms with Gasteiger partial charge in [0.2, 0.25) is 5.91 Å². The molecule has 4 nitrogen and oxygen atoms in total. The maximum Gasteiger partial charge on any atom is 0.220 e. The second-order valence-electron chi connectivity index (χ2n) is 4.67. The minimum absolute atomic E-state index is 0.00268. The molecule has 3 N–H and O–H groups in total. The largest absolute Gasteiger partial charge is 0.497 e. The van der Waals surface area contributed by atoms with Crippen molar-refractivity contribution in [2.24, 2.45) is 5.73 Å². The monoisotopic (exact) mass is 264 g/mol. The van der Waals surface area contributed by atoms with Gasteiger partial charge in [-0.2, -0.15) is 0 Å². The minimum atomic E-state index is -0.00268. The molecule has 106 valence electrons. The van der Waals surface area contributed by atoms with E-state index in [1.165, 1.54) is 0 Å². The zero-order valence-electron chi connectivity index (χ0n) is 11.8. The van der Waals surface area contributed by atoms with Crippen molar-refractivity contribution in [2.45, 2.75) is 38.6 Å². The molecule has 0 aliphatic rings. The van der Waals surface area contributed by atoms with Gasteiger partial charge in [0.25, 0.3) is 0 Å². The van der Waals surface area contributed by atoms with Crippen LogP contribution in [0.5, 0.6) is 5.75 Å². The number of methoxy groups -OCH3 is 1. The summed E-state index contributed by atoms with van der Waals surface area (Å²) < 4.78 is 5.18. The molecule has 1 unspecified atom stereocenters. The number of unbranched alkanes of at least 4 members (excludes halogenated alkanes) is 2. The third-order valence-electron chi connectivity index (χ3n) is 3.08.